The van der Waals surface area contributed by atoms with Crippen LogP contribution in [0.25, 0.3) is 11.0 Å². The van der Waals surface area contributed by atoms with Crippen LogP contribution in [-0.2, 0) is 17.5 Å². The van der Waals surface area contributed by atoms with Gasteiger partial charge in [0.2, 0.25) is 17.6 Å². The number of aromatic nitrogens is 2. The summed E-state index contributed by atoms with van der Waals surface area (Å²) in [6.07, 6.45) is -1.68. The standard InChI is InChI=1S/C21H22F4N6O2/c1-29-16(19(26)32)5-4-15(18(29)22)31-8-6-30(7-9-31)11-12-2-3-13-14(10-12)28-20(33)17(27-13)21(23,24)25/h2-5,10,16H,6-9,11H2,1H3,(H2,26,32)(H,28,33). The number of hydrogen-bond donors (Lipinski definition) is 2. The highest BCUT2D eigenvalue weighted by atomic mass is 19.4. The Labute approximate surface area is 186 Å². The van der Waals surface area contributed by atoms with Crippen molar-refractivity contribution in [2.45, 2.75) is 18.8 Å². The number of hydrogen-bond acceptors (Lipinski definition) is 6. The highest BCUT2D eigenvalue weighted by molar-refractivity contribution is 5.82. The van der Waals surface area contributed by atoms with E-state index in [2.05, 4.69) is 14.9 Å². The summed E-state index contributed by atoms with van der Waals surface area (Å²) in [5, 5.41) is 0. The summed E-state index contributed by atoms with van der Waals surface area (Å²) in [6, 6.07) is 3.91. The number of nitrogens with one attached hydrogen (secondary N) is 1. The number of nitrogens with zero attached hydrogens (tertiary/aromatic N) is 4. The summed E-state index contributed by atoms with van der Waals surface area (Å²) in [7, 11) is 1.47. The zero-order chi connectivity index (χ0) is 23.9. The molecule has 12 heteroatoms. The largest absolute Gasteiger partial charge is 0.438 e. The third-order valence-electron chi connectivity index (χ3n) is 5.81. The van der Waals surface area contributed by atoms with E-state index in [1.54, 1.807) is 24.3 Å². The number of carbonyl (C=O) groups is 1. The van der Waals surface area contributed by atoms with Crippen LogP contribution in [0.15, 0.2) is 46.8 Å². The summed E-state index contributed by atoms with van der Waals surface area (Å²) >= 11 is 0. The normalized spacial score (nSPS) is 20.1. The van der Waals surface area contributed by atoms with Crippen LogP contribution in [0.5, 0.6) is 0 Å². The fourth-order valence-corrected chi connectivity index (χ4v) is 4.03. The molecule has 4 rings (SSSR count). The first-order chi connectivity index (χ1) is 15.5. The first kappa shape index (κ1) is 22.8. The van der Waals surface area contributed by atoms with Gasteiger partial charge in [0.15, 0.2) is 0 Å². The van der Waals surface area contributed by atoms with Gasteiger partial charge in [0.25, 0.3) is 5.56 Å². The molecule has 1 amide bonds. The molecule has 2 aromatic rings. The molecule has 0 bridgehead atoms. The maximum absolute atomic E-state index is 14.7. The van der Waals surface area contributed by atoms with Gasteiger partial charge in [0.1, 0.15) is 6.04 Å². The van der Waals surface area contributed by atoms with Gasteiger partial charge >= 0.3 is 6.18 Å². The molecule has 3 N–H and O–H groups in total. The third kappa shape index (κ3) is 4.56. The van der Waals surface area contributed by atoms with E-state index in [4.69, 9.17) is 5.73 Å². The van der Waals surface area contributed by atoms with Crippen molar-refractivity contribution in [1.29, 1.82) is 0 Å². The van der Waals surface area contributed by atoms with Crippen LogP contribution in [0.1, 0.15) is 11.3 Å². The number of amides is 1. The zero-order valence-corrected chi connectivity index (χ0v) is 17.7. The number of H-pyrrole nitrogens is 1. The first-order valence-electron chi connectivity index (χ1n) is 10.2. The van der Waals surface area contributed by atoms with Gasteiger partial charge < -0.3 is 20.5 Å². The second-order valence-electron chi connectivity index (χ2n) is 8.02. The second-order valence-corrected chi connectivity index (χ2v) is 8.02. The van der Waals surface area contributed by atoms with E-state index < -0.39 is 35.3 Å². The molecule has 1 aromatic heterocycles. The number of allylic oxidation sites excluding steroid dienone is 1. The van der Waals surface area contributed by atoms with E-state index in [0.717, 1.165) is 5.56 Å². The van der Waals surface area contributed by atoms with Gasteiger partial charge in [-0.15, -0.1) is 0 Å². The highest BCUT2D eigenvalue weighted by Gasteiger charge is 2.36. The molecule has 0 spiro atoms. The minimum absolute atomic E-state index is 0.0559. The molecule has 1 fully saturated rings. The Morgan fingerprint density at radius 2 is 1.94 bits per heavy atom. The van der Waals surface area contributed by atoms with Crippen LogP contribution in [0.4, 0.5) is 17.6 Å². The number of fused-ring (bicyclic) bond motifs is 1. The van der Waals surface area contributed by atoms with Gasteiger partial charge in [-0.05, 0) is 23.8 Å². The van der Waals surface area contributed by atoms with Gasteiger partial charge in [-0.25, -0.2) is 4.98 Å². The first-order valence-corrected chi connectivity index (χ1v) is 10.2. The lowest BCUT2D eigenvalue weighted by molar-refractivity contribution is -0.142. The Kier molecular flexibility index (Phi) is 5.87. The summed E-state index contributed by atoms with van der Waals surface area (Å²) in [5.41, 5.74) is 4.03. The van der Waals surface area contributed by atoms with Gasteiger partial charge in [-0.2, -0.15) is 17.6 Å². The van der Waals surface area contributed by atoms with Crippen LogP contribution in [0, 0.1) is 0 Å². The van der Waals surface area contributed by atoms with Crippen LogP contribution in [0.3, 0.4) is 0 Å². The lowest BCUT2D eigenvalue weighted by Crippen LogP contribution is -2.48. The molecule has 2 aliphatic heterocycles. The molecule has 1 unspecified atom stereocenters. The Bertz CT molecular complexity index is 1200. The lowest BCUT2D eigenvalue weighted by atomic mass is 10.1. The quantitative estimate of drug-likeness (QED) is 0.524. The van der Waals surface area contributed by atoms with Crippen molar-refractivity contribution in [3.8, 4) is 0 Å². The smallest absolute Gasteiger partial charge is 0.368 e. The summed E-state index contributed by atoms with van der Waals surface area (Å²) in [4.78, 5) is 34.1. The van der Waals surface area contributed by atoms with Gasteiger partial charge in [-0.1, -0.05) is 12.1 Å². The molecule has 176 valence electrons. The SMILES string of the molecule is CN1C(F)=C(N2CCN(Cc3ccc4nc(C(F)(F)F)c(=O)[nH]c4c3)CC2)C=CC1C(N)=O. The zero-order valence-electron chi connectivity index (χ0n) is 17.7. The van der Waals surface area contributed by atoms with E-state index in [1.807, 2.05) is 4.90 Å². The number of piperazine rings is 1. The van der Waals surface area contributed by atoms with E-state index >= 15 is 0 Å². The summed E-state index contributed by atoms with van der Waals surface area (Å²) in [6.45, 7) is 2.83. The molecule has 2 aliphatic rings. The molecular formula is C21H22F4N6O2. The van der Waals surface area contributed by atoms with Gasteiger partial charge in [0.05, 0.1) is 16.7 Å². The maximum atomic E-state index is 14.7. The van der Waals surface area contributed by atoms with Crippen LogP contribution in [-0.4, -0.2) is 69.8 Å². The van der Waals surface area contributed by atoms with Crippen LogP contribution >= 0.6 is 0 Å². The molecule has 8 nitrogen and oxygen atoms in total. The Hall–Kier alpha value is -3.41. The number of primary amides is 1. The molecule has 0 saturated carbocycles. The molecule has 0 aliphatic carbocycles. The van der Waals surface area contributed by atoms with Crippen molar-refractivity contribution in [1.82, 2.24) is 24.7 Å². The molecular weight excluding hydrogens is 444 g/mol. The highest BCUT2D eigenvalue weighted by Crippen LogP contribution is 2.27. The van der Waals surface area contributed by atoms with E-state index in [-0.39, 0.29) is 11.0 Å². The Morgan fingerprint density at radius 3 is 2.58 bits per heavy atom. The number of rotatable bonds is 4. The predicted molar refractivity (Wildman–Crippen MR) is 112 cm³/mol. The second kappa shape index (κ2) is 8.50. The lowest BCUT2D eigenvalue weighted by Gasteiger charge is -2.39. The van der Waals surface area contributed by atoms with E-state index in [1.165, 1.54) is 18.0 Å². The fraction of sp³-hybridized carbons (Fsp3) is 0.381. The number of alkyl halides is 3. The minimum atomic E-state index is -4.82. The number of likely N-dealkylation sites (N-methyl/N-ethyl adjacent to an activating group) is 1. The Balaban J connectivity index is 1.43. The monoisotopic (exact) mass is 466 g/mol. The number of halogens is 4. The average molecular weight is 466 g/mol. The van der Waals surface area contributed by atoms with Gasteiger partial charge in [0, 0.05) is 39.8 Å². The predicted octanol–water partition coefficient (Wildman–Crippen LogP) is 1.55. The van der Waals surface area contributed by atoms with Gasteiger partial charge in [-0.3, -0.25) is 14.5 Å². The molecule has 1 atom stereocenters. The number of aromatic amines is 1. The van der Waals surface area contributed by atoms with Crippen molar-refractivity contribution >= 4 is 16.9 Å². The fourth-order valence-electron chi connectivity index (χ4n) is 4.03. The van der Waals surface area contributed by atoms with Crippen molar-refractivity contribution in [2.24, 2.45) is 5.73 Å². The van der Waals surface area contributed by atoms with Crippen LogP contribution < -0.4 is 11.3 Å². The molecule has 0 radical (unpaired) electrons. The summed E-state index contributed by atoms with van der Waals surface area (Å²) in [5.74, 6) is -1.15. The van der Waals surface area contributed by atoms with Crippen molar-refractivity contribution < 1.29 is 22.4 Å². The Morgan fingerprint density at radius 1 is 1.24 bits per heavy atom. The summed E-state index contributed by atoms with van der Waals surface area (Å²) < 4.78 is 53.4. The number of benzene rings is 1. The third-order valence-corrected chi connectivity index (χ3v) is 5.81. The van der Waals surface area contributed by atoms with Crippen molar-refractivity contribution in [3.63, 3.8) is 0 Å². The van der Waals surface area contributed by atoms with Crippen molar-refractivity contribution in [3.05, 3.63) is 63.6 Å². The van der Waals surface area contributed by atoms with Crippen LogP contribution in [0.2, 0.25) is 0 Å². The van der Waals surface area contributed by atoms with Crippen molar-refractivity contribution in [2.75, 3.05) is 33.2 Å². The molecule has 1 aromatic carbocycles. The maximum Gasteiger partial charge on any atom is 0.438 e. The molecule has 1 saturated heterocycles. The topological polar surface area (TPSA) is 98.6 Å². The number of nitrogens with two attached hydrogens (primary N) is 1. The van der Waals surface area contributed by atoms with E-state index in [0.29, 0.717) is 38.4 Å². The average Bonchev–Trinajstić information content (AvgIpc) is 2.74. The number of carbonyl (C=O) groups excluding carboxylic acids is 1. The van der Waals surface area contributed by atoms with E-state index in [9.17, 15) is 27.2 Å². The molecule has 33 heavy (non-hydrogen) atoms. The minimum Gasteiger partial charge on any atom is -0.368 e. The molecule has 3 heterocycles.